The average molecular weight is 356 g/mol. The zero-order chi connectivity index (χ0) is 18.1. The van der Waals surface area contributed by atoms with Crippen LogP contribution in [0.25, 0.3) is 0 Å². The van der Waals surface area contributed by atoms with Gasteiger partial charge in [0.2, 0.25) is 5.91 Å². The SMILES string of the molecule is COc1cccc2c1OCC(C(=O)N(C)Cc1noc3c1CCCC3)C2. The van der Waals surface area contributed by atoms with Crippen molar-refractivity contribution in [2.24, 2.45) is 5.92 Å². The molecule has 138 valence electrons. The Morgan fingerprint density at radius 2 is 2.19 bits per heavy atom. The molecule has 1 amide bonds. The molecule has 0 saturated heterocycles. The Bertz CT molecular complexity index is 814. The van der Waals surface area contributed by atoms with E-state index in [4.69, 9.17) is 14.0 Å². The van der Waals surface area contributed by atoms with Crippen LogP contribution in [0.5, 0.6) is 11.5 Å². The molecule has 0 spiro atoms. The third-order valence-corrected chi connectivity index (χ3v) is 5.32. The Labute approximate surface area is 153 Å². The van der Waals surface area contributed by atoms with Crippen molar-refractivity contribution in [2.45, 2.75) is 38.6 Å². The quantitative estimate of drug-likeness (QED) is 0.843. The Kier molecular flexibility index (Phi) is 4.57. The van der Waals surface area contributed by atoms with Crippen molar-refractivity contribution in [3.63, 3.8) is 0 Å². The number of aryl methyl sites for hydroxylation is 1. The Morgan fingerprint density at radius 3 is 3.04 bits per heavy atom. The highest BCUT2D eigenvalue weighted by atomic mass is 16.5. The number of aromatic nitrogens is 1. The fourth-order valence-electron chi connectivity index (χ4n) is 3.90. The molecule has 2 heterocycles. The number of hydrogen-bond donors (Lipinski definition) is 0. The molecule has 1 aromatic heterocycles. The summed E-state index contributed by atoms with van der Waals surface area (Å²) in [6, 6.07) is 5.80. The van der Waals surface area contributed by atoms with Crippen LogP contribution in [0, 0.1) is 5.92 Å². The summed E-state index contributed by atoms with van der Waals surface area (Å²) in [7, 11) is 3.45. The Hall–Kier alpha value is -2.50. The summed E-state index contributed by atoms with van der Waals surface area (Å²) in [4.78, 5) is 14.7. The van der Waals surface area contributed by atoms with Crippen LogP contribution in [0.2, 0.25) is 0 Å². The molecular formula is C20H24N2O4. The summed E-state index contributed by atoms with van der Waals surface area (Å²) >= 11 is 0. The van der Waals surface area contributed by atoms with Crippen molar-refractivity contribution in [1.82, 2.24) is 10.1 Å². The molecular weight excluding hydrogens is 332 g/mol. The molecule has 26 heavy (non-hydrogen) atoms. The summed E-state index contributed by atoms with van der Waals surface area (Å²) in [5.74, 6) is 2.35. The van der Waals surface area contributed by atoms with E-state index < -0.39 is 0 Å². The first-order valence-electron chi connectivity index (χ1n) is 9.17. The number of amides is 1. The summed E-state index contributed by atoms with van der Waals surface area (Å²) in [6.07, 6.45) is 4.92. The van der Waals surface area contributed by atoms with Crippen LogP contribution < -0.4 is 9.47 Å². The molecule has 6 heteroatoms. The lowest BCUT2D eigenvalue weighted by molar-refractivity contribution is -0.136. The Balaban J connectivity index is 1.45. The van der Waals surface area contributed by atoms with Crippen molar-refractivity contribution in [3.8, 4) is 11.5 Å². The number of carbonyl (C=O) groups is 1. The van der Waals surface area contributed by atoms with Crippen LogP contribution in [0.15, 0.2) is 22.7 Å². The van der Waals surface area contributed by atoms with Gasteiger partial charge in [0, 0.05) is 19.0 Å². The first kappa shape index (κ1) is 16.9. The molecule has 0 N–H and O–H groups in total. The molecule has 2 aliphatic rings. The van der Waals surface area contributed by atoms with Crippen molar-refractivity contribution >= 4 is 5.91 Å². The van der Waals surface area contributed by atoms with Crippen LogP contribution >= 0.6 is 0 Å². The second kappa shape index (κ2) is 7.02. The van der Waals surface area contributed by atoms with Gasteiger partial charge in [-0.3, -0.25) is 4.79 Å². The van der Waals surface area contributed by atoms with Crippen molar-refractivity contribution < 1.29 is 18.8 Å². The minimum atomic E-state index is -0.192. The maximum Gasteiger partial charge on any atom is 0.229 e. The number of fused-ring (bicyclic) bond motifs is 2. The molecule has 1 atom stereocenters. The summed E-state index contributed by atoms with van der Waals surface area (Å²) in [6.45, 7) is 0.854. The zero-order valence-electron chi connectivity index (χ0n) is 15.3. The number of para-hydroxylation sites is 1. The predicted octanol–water partition coefficient (Wildman–Crippen LogP) is 2.77. The molecule has 0 fully saturated rings. The molecule has 1 unspecified atom stereocenters. The van der Waals surface area contributed by atoms with Crippen molar-refractivity contribution in [2.75, 3.05) is 20.8 Å². The first-order valence-corrected chi connectivity index (χ1v) is 9.17. The van der Waals surface area contributed by atoms with Gasteiger partial charge in [-0.15, -0.1) is 0 Å². The molecule has 1 aromatic carbocycles. The van der Waals surface area contributed by atoms with E-state index in [0.717, 1.165) is 54.2 Å². The van der Waals surface area contributed by atoms with Gasteiger partial charge in [-0.05, 0) is 37.3 Å². The van der Waals surface area contributed by atoms with Gasteiger partial charge in [0.05, 0.1) is 19.6 Å². The van der Waals surface area contributed by atoms with Crippen molar-refractivity contribution in [3.05, 3.63) is 40.8 Å². The molecule has 0 saturated carbocycles. The van der Waals surface area contributed by atoms with Gasteiger partial charge in [0.1, 0.15) is 18.1 Å². The minimum Gasteiger partial charge on any atom is -0.493 e. The van der Waals surface area contributed by atoms with E-state index in [9.17, 15) is 4.79 Å². The number of methoxy groups -OCH3 is 1. The smallest absolute Gasteiger partial charge is 0.229 e. The van der Waals surface area contributed by atoms with Crippen LogP contribution in [0.4, 0.5) is 0 Å². The van der Waals surface area contributed by atoms with Gasteiger partial charge in [0.15, 0.2) is 11.5 Å². The Morgan fingerprint density at radius 1 is 1.35 bits per heavy atom. The number of carbonyl (C=O) groups excluding carboxylic acids is 1. The molecule has 2 aromatic rings. The highest BCUT2D eigenvalue weighted by molar-refractivity contribution is 5.79. The largest absolute Gasteiger partial charge is 0.493 e. The fourth-order valence-corrected chi connectivity index (χ4v) is 3.90. The maximum atomic E-state index is 12.9. The highest BCUT2D eigenvalue weighted by Crippen LogP contribution is 2.36. The van der Waals surface area contributed by atoms with Gasteiger partial charge in [0.25, 0.3) is 0 Å². The van der Waals surface area contributed by atoms with Crippen molar-refractivity contribution in [1.29, 1.82) is 0 Å². The van der Waals surface area contributed by atoms with Crippen LogP contribution in [0.1, 0.15) is 35.4 Å². The van der Waals surface area contributed by atoms with Crippen LogP contribution in [-0.2, 0) is 30.6 Å². The lowest BCUT2D eigenvalue weighted by Gasteiger charge is -2.28. The summed E-state index contributed by atoms with van der Waals surface area (Å²) in [5.41, 5.74) is 3.11. The van der Waals surface area contributed by atoms with Gasteiger partial charge in [-0.1, -0.05) is 17.3 Å². The average Bonchev–Trinajstić information content (AvgIpc) is 3.09. The van der Waals surface area contributed by atoms with E-state index in [1.54, 1.807) is 12.0 Å². The van der Waals surface area contributed by atoms with E-state index in [-0.39, 0.29) is 11.8 Å². The second-order valence-electron chi connectivity index (χ2n) is 7.09. The second-order valence-corrected chi connectivity index (χ2v) is 7.09. The van der Waals surface area contributed by atoms with Gasteiger partial charge in [-0.2, -0.15) is 0 Å². The monoisotopic (exact) mass is 356 g/mol. The van der Waals surface area contributed by atoms with E-state index >= 15 is 0 Å². The molecule has 0 radical (unpaired) electrons. The van der Waals surface area contributed by atoms with Crippen LogP contribution in [0.3, 0.4) is 0 Å². The van der Waals surface area contributed by atoms with Gasteiger partial charge >= 0.3 is 0 Å². The molecule has 6 nitrogen and oxygen atoms in total. The van der Waals surface area contributed by atoms with E-state index in [1.807, 2.05) is 25.2 Å². The molecule has 4 rings (SSSR count). The topological polar surface area (TPSA) is 64.8 Å². The number of ether oxygens (including phenoxy) is 2. The predicted molar refractivity (Wildman–Crippen MR) is 95.3 cm³/mol. The normalized spacial score (nSPS) is 18.5. The number of hydrogen-bond acceptors (Lipinski definition) is 5. The maximum absolute atomic E-state index is 12.9. The van der Waals surface area contributed by atoms with Gasteiger partial charge in [-0.25, -0.2) is 0 Å². The third-order valence-electron chi connectivity index (χ3n) is 5.32. The first-order chi connectivity index (χ1) is 12.7. The highest BCUT2D eigenvalue weighted by Gasteiger charge is 2.31. The summed E-state index contributed by atoms with van der Waals surface area (Å²) < 4.78 is 16.6. The third kappa shape index (κ3) is 3.04. The number of rotatable bonds is 4. The van der Waals surface area contributed by atoms with Gasteiger partial charge < -0.3 is 18.9 Å². The molecule has 1 aliphatic carbocycles. The minimum absolute atomic E-state index is 0.0750. The number of benzene rings is 1. The van der Waals surface area contributed by atoms with Crippen LogP contribution in [-0.4, -0.2) is 36.7 Å². The fraction of sp³-hybridized carbons (Fsp3) is 0.500. The lowest BCUT2D eigenvalue weighted by Crippen LogP contribution is -2.38. The molecule has 1 aliphatic heterocycles. The van der Waals surface area contributed by atoms with E-state index in [1.165, 1.54) is 5.56 Å². The zero-order valence-corrected chi connectivity index (χ0v) is 15.3. The van der Waals surface area contributed by atoms with E-state index in [2.05, 4.69) is 5.16 Å². The van der Waals surface area contributed by atoms with E-state index in [0.29, 0.717) is 19.6 Å². The number of nitrogens with zero attached hydrogens (tertiary/aromatic N) is 2. The standard InChI is InChI=1S/C20H24N2O4/c1-22(11-16-15-7-3-4-8-17(15)26-21-16)20(23)14-10-13-6-5-9-18(24-2)19(13)25-12-14/h5-6,9,14H,3-4,7-8,10-12H2,1-2H3. The molecule has 0 bridgehead atoms. The lowest BCUT2D eigenvalue weighted by atomic mass is 9.94. The summed E-state index contributed by atoms with van der Waals surface area (Å²) in [5, 5.41) is 4.21.